The highest BCUT2D eigenvalue weighted by Gasteiger charge is 2.16. The van der Waals surface area contributed by atoms with Gasteiger partial charge >= 0.3 is 0 Å². The van der Waals surface area contributed by atoms with Crippen LogP contribution in [0, 0.1) is 6.92 Å². The predicted molar refractivity (Wildman–Crippen MR) is 97.2 cm³/mol. The summed E-state index contributed by atoms with van der Waals surface area (Å²) in [4.78, 5) is 16.4. The number of hydrogen-bond donors (Lipinski definition) is 2. The number of benzene rings is 1. The highest BCUT2D eigenvalue weighted by atomic mass is 35.5. The average molecular weight is 383 g/mol. The number of halogens is 2. The summed E-state index contributed by atoms with van der Waals surface area (Å²) in [6.45, 7) is 2.01. The van der Waals surface area contributed by atoms with Gasteiger partial charge in [0.25, 0.3) is 5.91 Å². The molecule has 9 heteroatoms. The second kappa shape index (κ2) is 6.80. The number of hydrogen-bond acceptors (Lipinski definition) is 6. The minimum Gasteiger partial charge on any atom is -0.487 e. The molecule has 6 nitrogen and oxygen atoms in total. The number of nitrogen functional groups attached to an aromatic ring is 1. The Kier molecular flexibility index (Phi) is 4.75. The summed E-state index contributed by atoms with van der Waals surface area (Å²) in [6.07, 6.45) is 3.36. The number of nitrogens with one attached hydrogen (secondary N) is 1. The molecule has 3 N–H and O–H groups in total. The number of rotatable bonds is 3. The largest absolute Gasteiger partial charge is 0.487 e. The van der Waals surface area contributed by atoms with Crippen molar-refractivity contribution in [1.82, 2.24) is 10.4 Å². The zero-order valence-corrected chi connectivity index (χ0v) is 14.8. The van der Waals surface area contributed by atoms with Crippen LogP contribution >= 0.6 is 34.5 Å². The topological polar surface area (TPSA) is 89.6 Å². The van der Waals surface area contributed by atoms with Crippen molar-refractivity contribution in [2.24, 2.45) is 5.10 Å². The first-order valence-corrected chi connectivity index (χ1v) is 8.40. The molecule has 2 aromatic rings. The minimum atomic E-state index is -0.359. The van der Waals surface area contributed by atoms with Crippen molar-refractivity contribution in [2.45, 2.75) is 6.92 Å². The molecular weight excluding hydrogens is 371 g/mol. The van der Waals surface area contributed by atoms with Crippen LogP contribution in [0.15, 0.2) is 22.8 Å². The van der Waals surface area contributed by atoms with Crippen LogP contribution in [0.4, 0.5) is 5.13 Å². The third-order valence-electron chi connectivity index (χ3n) is 3.18. The summed E-state index contributed by atoms with van der Waals surface area (Å²) >= 11 is 13.2. The van der Waals surface area contributed by atoms with Gasteiger partial charge in [-0.2, -0.15) is 5.10 Å². The number of thiazole rings is 1. The van der Waals surface area contributed by atoms with E-state index in [1.807, 2.05) is 6.08 Å². The summed E-state index contributed by atoms with van der Waals surface area (Å²) in [5.74, 6) is 0.222. The van der Waals surface area contributed by atoms with E-state index in [-0.39, 0.29) is 5.91 Å². The van der Waals surface area contributed by atoms with Crippen molar-refractivity contribution >= 4 is 57.9 Å². The van der Waals surface area contributed by atoms with Gasteiger partial charge in [-0.15, -0.1) is 0 Å². The molecule has 1 amide bonds. The monoisotopic (exact) mass is 382 g/mol. The zero-order valence-electron chi connectivity index (χ0n) is 12.5. The maximum Gasteiger partial charge on any atom is 0.283 e. The molecule has 0 saturated carbocycles. The third kappa shape index (κ3) is 3.53. The lowest BCUT2D eigenvalue weighted by Crippen LogP contribution is -2.18. The fourth-order valence-electron chi connectivity index (χ4n) is 2.16. The van der Waals surface area contributed by atoms with Gasteiger partial charge in [-0.1, -0.05) is 34.5 Å². The summed E-state index contributed by atoms with van der Waals surface area (Å²) in [5, 5.41) is 5.25. The summed E-state index contributed by atoms with van der Waals surface area (Å²) in [7, 11) is 0. The quantitative estimate of drug-likeness (QED) is 0.627. The fourth-order valence-corrected chi connectivity index (χ4v) is 3.45. The molecule has 24 heavy (non-hydrogen) atoms. The van der Waals surface area contributed by atoms with Crippen LogP contribution in [0.1, 0.15) is 20.9 Å². The average Bonchev–Trinajstić information content (AvgIpc) is 2.85. The Morgan fingerprint density at radius 1 is 1.50 bits per heavy atom. The van der Waals surface area contributed by atoms with Crippen LogP contribution in [0.3, 0.4) is 0 Å². The number of aryl methyl sites for hydroxylation is 1. The van der Waals surface area contributed by atoms with Crippen molar-refractivity contribution in [3.05, 3.63) is 43.9 Å². The van der Waals surface area contributed by atoms with Gasteiger partial charge in [0.15, 0.2) is 5.13 Å². The summed E-state index contributed by atoms with van der Waals surface area (Å²) in [6, 6.07) is 3.37. The van der Waals surface area contributed by atoms with Gasteiger partial charge in [-0.3, -0.25) is 4.79 Å². The maximum absolute atomic E-state index is 12.0. The number of nitrogens with two attached hydrogens (primary N) is 1. The molecule has 0 saturated heterocycles. The van der Waals surface area contributed by atoms with Crippen molar-refractivity contribution in [3.63, 3.8) is 0 Å². The minimum absolute atomic E-state index is 0.292. The van der Waals surface area contributed by atoms with Gasteiger partial charge in [0, 0.05) is 16.2 Å². The predicted octanol–water partition coefficient (Wildman–Crippen LogP) is 3.53. The van der Waals surface area contributed by atoms with Crippen molar-refractivity contribution < 1.29 is 9.53 Å². The van der Waals surface area contributed by atoms with E-state index >= 15 is 0 Å². The Bertz CT molecular complexity index is 877. The molecule has 0 radical (unpaired) electrons. The van der Waals surface area contributed by atoms with E-state index in [1.54, 1.807) is 19.1 Å². The number of carbonyl (C=O) groups excluding carboxylic acids is 1. The van der Waals surface area contributed by atoms with Gasteiger partial charge in [0.05, 0.1) is 16.9 Å². The second-order valence-corrected chi connectivity index (χ2v) is 6.85. The van der Waals surface area contributed by atoms with Crippen LogP contribution in [-0.4, -0.2) is 23.7 Å². The SMILES string of the molecule is Cc1nc(N)sc1C(=O)NN=CC1=Cc2cc(Cl)cc(Cl)c2OC1. The molecule has 0 atom stereocenters. The standard InChI is InChI=1S/C15H12Cl2N4O2S/c1-7-13(24-15(18)20-7)14(22)21-19-5-8-2-9-3-10(16)4-11(17)12(9)23-6-8/h2-5H,6H2,1H3,(H2,18,20)(H,21,22). The first kappa shape index (κ1) is 16.8. The van der Waals surface area contributed by atoms with E-state index in [4.69, 9.17) is 33.7 Å². The molecule has 0 fully saturated rings. The lowest BCUT2D eigenvalue weighted by atomic mass is 10.1. The number of nitrogens with zero attached hydrogens (tertiary/aromatic N) is 2. The van der Waals surface area contributed by atoms with E-state index in [2.05, 4.69) is 15.5 Å². The summed E-state index contributed by atoms with van der Waals surface area (Å²) < 4.78 is 5.60. The zero-order chi connectivity index (χ0) is 17.3. The molecule has 2 heterocycles. The fraction of sp³-hybridized carbons (Fsp3) is 0.133. The second-order valence-electron chi connectivity index (χ2n) is 4.98. The maximum atomic E-state index is 12.0. The van der Waals surface area contributed by atoms with Crippen LogP contribution in [0.5, 0.6) is 5.75 Å². The number of hydrazone groups is 1. The van der Waals surface area contributed by atoms with Gasteiger partial charge in [-0.25, -0.2) is 10.4 Å². The number of fused-ring (bicyclic) bond motifs is 1. The number of aromatic nitrogens is 1. The number of anilines is 1. The van der Waals surface area contributed by atoms with Crippen molar-refractivity contribution in [2.75, 3.05) is 12.3 Å². The molecule has 0 unspecified atom stereocenters. The lowest BCUT2D eigenvalue weighted by Gasteiger charge is -2.17. The van der Waals surface area contributed by atoms with Crippen LogP contribution < -0.4 is 15.9 Å². The molecule has 0 spiro atoms. The molecular formula is C15H12Cl2N4O2S. The van der Waals surface area contributed by atoms with E-state index in [1.165, 1.54) is 6.21 Å². The van der Waals surface area contributed by atoms with Gasteiger partial charge in [0.2, 0.25) is 0 Å². The summed E-state index contributed by atoms with van der Waals surface area (Å²) in [5.41, 5.74) is 10.1. The Morgan fingerprint density at radius 3 is 3.00 bits per heavy atom. The smallest absolute Gasteiger partial charge is 0.283 e. The van der Waals surface area contributed by atoms with E-state index < -0.39 is 0 Å². The Balaban J connectivity index is 1.72. The molecule has 1 aromatic carbocycles. The third-order valence-corrected chi connectivity index (χ3v) is 4.66. The van der Waals surface area contributed by atoms with Crippen LogP contribution in [0.25, 0.3) is 6.08 Å². The molecule has 3 rings (SSSR count). The lowest BCUT2D eigenvalue weighted by molar-refractivity contribution is 0.0958. The van der Waals surface area contributed by atoms with E-state index in [0.717, 1.165) is 22.5 Å². The molecule has 124 valence electrons. The first-order chi connectivity index (χ1) is 11.4. The van der Waals surface area contributed by atoms with Gasteiger partial charge < -0.3 is 10.5 Å². The number of ether oxygens (including phenoxy) is 1. The molecule has 1 aliphatic heterocycles. The molecule has 0 aliphatic carbocycles. The van der Waals surface area contributed by atoms with Crippen molar-refractivity contribution in [1.29, 1.82) is 0 Å². The van der Waals surface area contributed by atoms with E-state index in [0.29, 0.717) is 38.1 Å². The molecule has 0 bridgehead atoms. The van der Waals surface area contributed by atoms with E-state index in [9.17, 15) is 4.79 Å². The Hall–Kier alpha value is -2.09. The Morgan fingerprint density at radius 2 is 2.29 bits per heavy atom. The van der Waals surface area contributed by atoms with Gasteiger partial charge in [-0.05, 0) is 25.1 Å². The molecule has 1 aromatic heterocycles. The van der Waals surface area contributed by atoms with Crippen LogP contribution in [-0.2, 0) is 0 Å². The first-order valence-electron chi connectivity index (χ1n) is 6.83. The van der Waals surface area contributed by atoms with Gasteiger partial charge in [0.1, 0.15) is 17.2 Å². The van der Waals surface area contributed by atoms with Crippen LogP contribution in [0.2, 0.25) is 10.0 Å². The highest BCUT2D eigenvalue weighted by molar-refractivity contribution is 7.17. The number of amides is 1. The van der Waals surface area contributed by atoms with Crippen molar-refractivity contribution in [3.8, 4) is 5.75 Å². The number of carbonyl (C=O) groups is 1. The highest BCUT2D eigenvalue weighted by Crippen LogP contribution is 2.36. The Labute approximate surface area is 151 Å². The normalized spacial score (nSPS) is 13.4. The molecule has 1 aliphatic rings.